The number of nitrogens with one attached hydrogen (secondary N) is 1. The number of carbonyl (C=O) groups is 1. The second kappa shape index (κ2) is 10.1. The maximum atomic E-state index is 11.3. The zero-order chi connectivity index (χ0) is 12.2. The average Bonchev–Trinajstić information content (AvgIpc) is 2.31. The van der Waals surface area contributed by atoms with Gasteiger partial charge in [0.25, 0.3) is 5.91 Å². The van der Waals surface area contributed by atoms with Crippen molar-refractivity contribution in [3.05, 3.63) is 30.1 Å². The fourth-order valence-electron chi connectivity index (χ4n) is 0.966. The molecule has 0 atom stereocenters. The van der Waals surface area contributed by atoms with Crippen molar-refractivity contribution in [3.63, 3.8) is 0 Å². The lowest BCUT2D eigenvalue weighted by atomic mass is 10.3. The Bertz CT molecular complexity index is 273. The minimum absolute atomic E-state index is 0.0888. The summed E-state index contributed by atoms with van der Waals surface area (Å²) in [5, 5.41) is 2.80. The van der Waals surface area contributed by atoms with Gasteiger partial charge in [0, 0.05) is 12.7 Å². The zero-order valence-electron chi connectivity index (χ0n) is 10.5. The third-order valence-corrected chi connectivity index (χ3v) is 1.71. The first kappa shape index (κ1) is 14.6. The summed E-state index contributed by atoms with van der Waals surface area (Å²) >= 11 is 0. The van der Waals surface area contributed by atoms with Gasteiger partial charge in [-0.1, -0.05) is 39.7 Å². The molecule has 0 aliphatic carbocycles. The van der Waals surface area contributed by atoms with Crippen molar-refractivity contribution in [1.29, 1.82) is 0 Å². The Morgan fingerprint density at radius 2 is 2.00 bits per heavy atom. The molecule has 0 saturated heterocycles. The predicted octanol–water partition coefficient (Wildman–Crippen LogP) is 3.03. The number of hydrogen-bond acceptors (Lipinski definition) is 2. The Balaban J connectivity index is 0.000000673. The highest BCUT2D eigenvalue weighted by Crippen LogP contribution is 1.93. The van der Waals surface area contributed by atoms with E-state index >= 15 is 0 Å². The van der Waals surface area contributed by atoms with E-state index in [1.807, 2.05) is 6.07 Å². The lowest BCUT2D eigenvalue weighted by Gasteiger charge is -2.02. The highest BCUT2D eigenvalue weighted by Gasteiger charge is 2.03. The van der Waals surface area contributed by atoms with E-state index in [1.54, 1.807) is 18.3 Å². The average molecular weight is 222 g/mol. The minimum atomic E-state index is -0.0888. The van der Waals surface area contributed by atoms with Crippen LogP contribution in [0.25, 0.3) is 0 Å². The van der Waals surface area contributed by atoms with Crippen molar-refractivity contribution in [1.82, 2.24) is 10.3 Å². The molecule has 0 aliphatic rings. The first-order valence-corrected chi connectivity index (χ1v) is 5.95. The fraction of sp³-hybridized carbons (Fsp3) is 0.538. The summed E-state index contributed by atoms with van der Waals surface area (Å²) in [7, 11) is 0. The highest BCUT2D eigenvalue weighted by atomic mass is 16.1. The van der Waals surface area contributed by atoms with E-state index in [0.717, 1.165) is 19.4 Å². The van der Waals surface area contributed by atoms with Gasteiger partial charge < -0.3 is 5.32 Å². The number of amides is 1. The molecule has 0 fully saturated rings. The summed E-state index contributed by atoms with van der Waals surface area (Å²) in [5.41, 5.74) is 0.485. The Morgan fingerprint density at radius 3 is 2.50 bits per heavy atom. The second-order valence-electron chi connectivity index (χ2n) is 3.53. The molecular weight excluding hydrogens is 200 g/mol. The molecule has 0 aromatic carbocycles. The van der Waals surface area contributed by atoms with Crippen LogP contribution in [-0.4, -0.2) is 17.4 Å². The molecule has 3 heteroatoms. The maximum Gasteiger partial charge on any atom is 0.269 e. The van der Waals surface area contributed by atoms with Crippen LogP contribution in [0.1, 0.15) is 50.5 Å². The van der Waals surface area contributed by atoms with Gasteiger partial charge in [-0.15, -0.1) is 0 Å². The molecule has 0 bridgehead atoms. The molecule has 16 heavy (non-hydrogen) atoms. The normalized spacial score (nSPS) is 8.94. The van der Waals surface area contributed by atoms with E-state index < -0.39 is 0 Å². The maximum absolute atomic E-state index is 11.3. The van der Waals surface area contributed by atoms with Gasteiger partial charge in [-0.3, -0.25) is 9.78 Å². The summed E-state index contributed by atoms with van der Waals surface area (Å²) in [5.74, 6) is -0.0888. The van der Waals surface area contributed by atoms with Crippen LogP contribution >= 0.6 is 0 Å². The number of rotatable bonds is 4. The largest absolute Gasteiger partial charge is 0.351 e. The van der Waals surface area contributed by atoms with Crippen LogP contribution in [0.2, 0.25) is 0 Å². The van der Waals surface area contributed by atoms with Gasteiger partial charge in [0.2, 0.25) is 0 Å². The first-order valence-electron chi connectivity index (χ1n) is 5.95. The van der Waals surface area contributed by atoms with E-state index in [9.17, 15) is 4.79 Å². The molecule has 1 rings (SSSR count). The first-order chi connectivity index (χ1) is 7.76. The number of nitrogens with zero attached hydrogens (tertiary/aromatic N) is 1. The Morgan fingerprint density at radius 1 is 1.31 bits per heavy atom. The quantitative estimate of drug-likeness (QED) is 0.796. The van der Waals surface area contributed by atoms with E-state index in [0.29, 0.717) is 5.69 Å². The van der Waals surface area contributed by atoms with Crippen LogP contribution in [0, 0.1) is 0 Å². The predicted molar refractivity (Wildman–Crippen MR) is 67.4 cm³/mol. The summed E-state index contributed by atoms with van der Waals surface area (Å²) in [6.45, 7) is 7.07. The van der Waals surface area contributed by atoms with Crippen LogP contribution in [0.3, 0.4) is 0 Å². The smallest absolute Gasteiger partial charge is 0.269 e. The van der Waals surface area contributed by atoms with Gasteiger partial charge in [0.1, 0.15) is 5.69 Å². The van der Waals surface area contributed by atoms with Crippen LogP contribution in [0.15, 0.2) is 24.4 Å². The van der Waals surface area contributed by atoms with Gasteiger partial charge in [-0.2, -0.15) is 0 Å². The summed E-state index contributed by atoms with van der Waals surface area (Å²) in [6.07, 6.45) is 4.97. The molecule has 3 nitrogen and oxygen atoms in total. The lowest BCUT2D eigenvalue weighted by Crippen LogP contribution is -2.25. The summed E-state index contributed by atoms with van der Waals surface area (Å²) < 4.78 is 0. The number of pyridine rings is 1. The molecule has 1 aromatic rings. The van der Waals surface area contributed by atoms with Gasteiger partial charge in [-0.25, -0.2) is 0 Å². The van der Waals surface area contributed by atoms with Crippen LogP contribution in [-0.2, 0) is 0 Å². The van der Waals surface area contributed by atoms with Gasteiger partial charge in [-0.05, 0) is 18.6 Å². The van der Waals surface area contributed by atoms with Gasteiger partial charge >= 0.3 is 0 Å². The third-order valence-electron chi connectivity index (χ3n) is 1.71. The number of hydrogen-bond donors (Lipinski definition) is 1. The topological polar surface area (TPSA) is 42.0 Å². The van der Waals surface area contributed by atoms with Crippen LogP contribution in [0.4, 0.5) is 0 Å². The lowest BCUT2D eigenvalue weighted by molar-refractivity contribution is 0.0948. The van der Waals surface area contributed by atoms with E-state index in [2.05, 4.69) is 31.1 Å². The van der Waals surface area contributed by atoms with Crippen molar-refractivity contribution in [3.8, 4) is 0 Å². The molecular formula is C13H22N2O. The SMILES string of the molecule is CCC.CCCCNC(=O)c1ccccn1. The number of aromatic nitrogens is 1. The molecule has 0 radical (unpaired) electrons. The van der Waals surface area contributed by atoms with Gasteiger partial charge in [0.05, 0.1) is 0 Å². The molecule has 0 aliphatic heterocycles. The molecule has 0 unspecified atom stereocenters. The van der Waals surface area contributed by atoms with Crippen molar-refractivity contribution in [2.75, 3.05) is 6.54 Å². The fourth-order valence-corrected chi connectivity index (χ4v) is 0.966. The molecule has 90 valence electrons. The van der Waals surface area contributed by atoms with Crippen LogP contribution in [0.5, 0.6) is 0 Å². The molecule has 0 saturated carbocycles. The Kier molecular flexibility index (Phi) is 9.27. The Hall–Kier alpha value is -1.38. The van der Waals surface area contributed by atoms with E-state index in [4.69, 9.17) is 0 Å². The van der Waals surface area contributed by atoms with E-state index in [-0.39, 0.29) is 5.91 Å². The minimum Gasteiger partial charge on any atom is -0.351 e. The van der Waals surface area contributed by atoms with Crippen molar-refractivity contribution >= 4 is 5.91 Å². The highest BCUT2D eigenvalue weighted by molar-refractivity contribution is 5.92. The second-order valence-corrected chi connectivity index (χ2v) is 3.53. The monoisotopic (exact) mass is 222 g/mol. The molecule has 1 aromatic heterocycles. The molecule has 1 amide bonds. The van der Waals surface area contributed by atoms with Crippen LogP contribution < -0.4 is 5.32 Å². The number of unbranched alkanes of at least 4 members (excludes halogenated alkanes) is 1. The summed E-state index contributed by atoms with van der Waals surface area (Å²) in [4.78, 5) is 15.3. The Labute approximate surface area is 98.3 Å². The zero-order valence-corrected chi connectivity index (χ0v) is 10.5. The molecule has 1 N–H and O–H groups in total. The molecule has 0 spiro atoms. The molecule has 1 heterocycles. The van der Waals surface area contributed by atoms with E-state index in [1.165, 1.54) is 6.42 Å². The standard InChI is InChI=1S/C10H14N2O.C3H8/c1-2-3-7-12-10(13)9-6-4-5-8-11-9;1-3-2/h4-6,8H,2-3,7H2,1H3,(H,12,13);3H2,1-2H3. The van der Waals surface area contributed by atoms with Gasteiger partial charge in [0.15, 0.2) is 0 Å². The van der Waals surface area contributed by atoms with Crippen molar-refractivity contribution in [2.24, 2.45) is 0 Å². The van der Waals surface area contributed by atoms with Crippen molar-refractivity contribution in [2.45, 2.75) is 40.0 Å². The third kappa shape index (κ3) is 6.98. The number of carbonyl (C=O) groups excluding carboxylic acids is 1. The summed E-state index contributed by atoms with van der Waals surface area (Å²) in [6, 6.07) is 5.31. The van der Waals surface area contributed by atoms with Crippen molar-refractivity contribution < 1.29 is 4.79 Å².